The summed E-state index contributed by atoms with van der Waals surface area (Å²) >= 11 is 0. The van der Waals surface area contributed by atoms with Crippen LogP contribution in [0.4, 0.5) is 0 Å². The number of carbonyl (C=O) groups is 1. The predicted molar refractivity (Wildman–Crippen MR) is 135 cm³/mol. The van der Waals surface area contributed by atoms with Gasteiger partial charge in [0.1, 0.15) is 0 Å². The van der Waals surface area contributed by atoms with E-state index in [1.165, 1.54) is 5.57 Å². The van der Waals surface area contributed by atoms with Gasteiger partial charge in [-0.3, -0.25) is 4.79 Å². The second-order valence-electron chi connectivity index (χ2n) is 14.9. The summed E-state index contributed by atoms with van der Waals surface area (Å²) in [5.74, 6) is -0.156. The van der Waals surface area contributed by atoms with E-state index in [1.807, 2.05) is 6.92 Å². The lowest BCUT2D eigenvalue weighted by Gasteiger charge is -2.72. The van der Waals surface area contributed by atoms with E-state index in [1.54, 1.807) is 0 Å². The van der Waals surface area contributed by atoms with E-state index in [4.69, 9.17) is 0 Å². The molecule has 198 valence electrons. The number of aliphatic carboxylic acids is 1. The lowest BCUT2D eigenvalue weighted by Crippen LogP contribution is -2.70. The van der Waals surface area contributed by atoms with Crippen LogP contribution in [-0.2, 0) is 4.79 Å². The lowest BCUT2D eigenvalue weighted by molar-refractivity contribution is -0.252. The number of carboxylic acid groups (broad SMARTS) is 1. The molecule has 4 saturated carbocycles. The van der Waals surface area contributed by atoms with Gasteiger partial charge in [0.15, 0.2) is 0 Å². The highest BCUT2D eigenvalue weighted by molar-refractivity contribution is 5.74. The van der Waals surface area contributed by atoms with Crippen LogP contribution in [0.15, 0.2) is 11.6 Å². The van der Waals surface area contributed by atoms with Gasteiger partial charge in [0.2, 0.25) is 0 Å². The first kappa shape index (κ1) is 25.7. The molecule has 0 bridgehead atoms. The third-order valence-electron chi connectivity index (χ3n) is 13.4. The van der Waals surface area contributed by atoms with Crippen molar-refractivity contribution in [3.8, 4) is 0 Å². The number of rotatable bonds is 2. The normalized spacial score (nSPS) is 55.0. The van der Waals surface area contributed by atoms with E-state index in [0.29, 0.717) is 19.3 Å². The van der Waals surface area contributed by atoms with Crippen molar-refractivity contribution in [2.75, 3.05) is 6.61 Å². The Labute approximate surface area is 211 Å². The molecule has 0 spiro atoms. The number of aliphatic hydroxyl groups excluding tert-OH is 3. The molecule has 5 aliphatic rings. The van der Waals surface area contributed by atoms with Gasteiger partial charge < -0.3 is 20.4 Å². The number of hydrogen-bond donors (Lipinski definition) is 4. The molecule has 0 aromatic heterocycles. The molecular formula is C30H48O5. The smallest absolute Gasteiger partial charge is 0.309 e. The maximum atomic E-state index is 12.3. The average Bonchev–Trinajstić information content (AvgIpc) is 2.79. The van der Waals surface area contributed by atoms with Crippen LogP contribution in [0, 0.1) is 50.2 Å². The largest absolute Gasteiger partial charge is 0.481 e. The molecule has 5 nitrogen and oxygen atoms in total. The van der Waals surface area contributed by atoms with E-state index in [0.717, 1.165) is 38.5 Å². The van der Waals surface area contributed by atoms with Gasteiger partial charge >= 0.3 is 5.97 Å². The Hall–Kier alpha value is -0.910. The summed E-state index contributed by atoms with van der Waals surface area (Å²) in [4.78, 5) is 12.3. The summed E-state index contributed by atoms with van der Waals surface area (Å²) in [6.45, 7) is 13.2. The van der Waals surface area contributed by atoms with Crippen LogP contribution < -0.4 is 0 Å². The zero-order valence-corrected chi connectivity index (χ0v) is 22.7. The highest BCUT2D eigenvalue weighted by Gasteiger charge is 2.72. The molecule has 0 saturated heterocycles. The van der Waals surface area contributed by atoms with Crippen molar-refractivity contribution >= 4 is 5.97 Å². The van der Waals surface area contributed by atoms with E-state index in [-0.39, 0.29) is 46.7 Å². The fourth-order valence-corrected chi connectivity index (χ4v) is 10.6. The van der Waals surface area contributed by atoms with Crippen LogP contribution >= 0.6 is 0 Å². The Morgan fingerprint density at radius 2 is 1.60 bits per heavy atom. The zero-order valence-electron chi connectivity index (χ0n) is 22.7. The van der Waals surface area contributed by atoms with Crippen LogP contribution in [0.2, 0.25) is 0 Å². The molecule has 4 fully saturated rings. The number of fused-ring (bicyclic) bond motifs is 7. The maximum Gasteiger partial charge on any atom is 0.309 e. The number of carboxylic acids is 1. The fraction of sp³-hybridized carbons (Fsp3) is 0.900. The molecule has 35 heavy (non-hydrogen) atoms. The van der Waals surface area contributed by atoms with Crippen LogP contribution in [-0.4, -0.2) is 45.2 Å². The Morgan fingerprint density at radius 3 is 2.23 bits per heavy atom. The van der Waals surface area contributed by atoms with E-state index >= 15 is 0 Å². The van der Waals surface area contributed by atoms with Crippen molar-refractivity contribution in [1.82, 2.24) is 0 Å². The van der Waals surface area contributed by atoms with Gasteiger partial charge in [0.25, 0.3) is 0 Å². The van der Waals surface area contributed by atoms with Crippen molar-refractivity contribution in [2.45, 2.75) is 112 Å². The SMILES string of the molecule is CC1(C)[C@@H](O)CC[C@]2(C)[C@H]3CC=C4[C@@H]5C[C@@](C)(C(=O)O)CC[C@]5(C)CC[C@@]4(CO)[C@]3(C)[C@@H](O)C[C@@H]12. The molecule has 0 radical (unpaired) electrons. The van der Waals surface area contributed by atoms with E-state index in [2.05, 4.69) is 40.7 Å². The highest BCUT2D eigenvalue weighted by Crippen LogP contribution is 2.75. The molecule has 10 atom stereocenters. The maximum absolute atomic E-state index is 12.3. The summed E-state index contributed by atoms with van der Waals surface area (Å²) in [6.07, 6.45) is 8.72. The van der Waals surface area contributed by atoms with Crippen molar-refractivity contribution in [3.05, 3.63) is 11.6 Å². The van der Waals surface area contributed by atoms with Crippen LogP contribution in [0.5, 0.6) is 0 Å². The lowest BCUT2D eigenvalue weighted by atomic mass is 9.32. The molecule has 0 heterocycles. The van der Waals surface area contributed by atoms with Gasteiger partial charge in [-0.2, -0.15) is 0 Å². The standard InChI is InChI=1S/C30H48O5/c1-25(2)21-15-23(33)29(6)20(28(21,5)10-9-22(25)32)8-7-18-19-16-27(4,24(34)35)12-11-26(19,3)13-14-30(18,29)17-31/h7,19-23,31-33H,8-17H2,1-6H3,(H,34,35)/t19-,20+,21-,22-,23-,26+,27-,28+,29-,30-/m0/s1. The third-order valence-corrected chi connectivity index (χ3v) is 13.4. The predicted octanol–water partition coefficient (Wildman–Crippen LogP) is 5.18. The van der Waals surface area contributed by atoms with Gasteiger partial charge in [0.05, 0.1) is 24.2 Å². The van der Waals surface area contributed by atoms with E-state index in [9.17, 15) is 25.2 Å². The summed E-state index contributed by atoms with van der Waals surface area (Å²) < 4.78 is 0. The summed E-state index contributed by atoms with van der Waals surface area (Å²) in [5, 5.41) is 44.2. The number of aliphatic hydroxyl groups is 3. The van der Waals surface area contributed by atoms with Gasteiger partial charge in [-0.15, -0.1) is 0 Å². The number of hydrogen-bond acceptors (Lipinski definition) is 4. The molecule has 5 aliphatic carbocycles. The van der Waals surface area contributed by atoms with Crippen LogP contribution in [0.3, 0.4) is 0 Å². The first-order chi connectivity index (χ1) is 16.1. The Bertz CT molecular complexity index is 941. The minimum absolute atomic E-state index is 0.00598. The zero-order chi connectivity index (χ0) is 25.8. The average molecular weight is 489 g/mol. The third kappa shape index (κ3) is 3.01. The molecule has 0 unspecified atom stereocenters. The quantitative estimate of drug-likeness (QED) is 0.402. The topological polar surface area (TPSA) is 98.0 Å². The second kappa shape index (κ2) is 7.57. The van der Waals surface area contributed by atoms with Crippen LogP contribution in [0.25, 0.3) is 0 Å². The monoisotopic (exact) mass is 488 g/mol. The first-order valence-electron chi connectivity index (χ1n) is 14.0. The van der Waals surface area contributed by atoms with Crippen molar-refractivity contribution in [1.29, 1.82) is 0 Å². The minimum Gasteiger partial charge on any atom is -0.481 e. The molecule has 0 amide bonds. The van der Waals surface area contributed by atoms with Gasteiger partial charge in [-0.1, -0.05) is 46.3 Å². The second-order valence-corrected chi connectivity index (χ2v) is 14.9. The molecule has 4 N–H and O–H groups in total. The fourth-order valence-electron chi connectivity index (χ4n) is 10.6. The summed E-state index contributed by atoms with van der Waals surface area (Å²) in [7, 11) is 0. The molecule has 0 aliphatic heterocycles. The van der Waals surface area contributed by atoms with Crippen molar-refractivity contribution in [2.24, 2.45) is 50.2 Å². The summed E-state index contributed by atoms with van der Waals surface area (Å²) in [5.41, 5.74) is -0.736. The van der Waals surface area contributed by atoms with Crippen molar-refractivity contribution in [3.63, 3.8) is 0 Å². The first-order valence-corrected chi connectivity index (χ1v) is 14.0. The molecule has 0 aromatic rings. The van der Waals surface area contributed by atoms with Gasteiger partial charge in [-0.05, 0) is 98.7 Å². The van der Waals surface area contributed by atoms with E-state index < -0.39 is 28.3 Å². The highest BCUT2D eigenvalue weighted by atomic mass is 16.4. The Morgan fingerprint density at radius 1 is 0.943 bits per heavy atom. The van der Waals surface area contributed by atoms with Crippen molar-refractivity contribution < 1.29 is 25.2 Å². The molecule has 5 rings (SSSR count). The molecule has 5 heteroatoms. The molecular weight excluding hydrogens is 440 g/mol. The van der Waals surface area contributed by atoms with Gasteiger partial charge in [-0.25, -0.2) is 0 Å². The van der Waals surface area contributed by atoms with Crippen LogP contribution in [0.1, 0.15) is 99.3 Å². The summed E-state index contributed by atoms with van der Waals surface area (Å²) in [6, 6.07) is 0. The van der Waals surface area contributed by atoms with Gasteiger partial charge in [0, 0.05) is 10.8 Å². The Balaban J connectivity index is 1.64. The Kier molecular flexibility index (Phi) is 5.56. The molecule has 0 aromatic carbocycles. The number of allylic oxidation sites excluding steroid dienone is 1. The minimum atomic E-state index is -0.743.